The molecule has 0 amide bonds. The summed E-state index contributed by atoms with van der Waals surface area (Å²) in [4.78, 5) is 8.64. The minimum Gasteiger partial charge on any atom is -0.355 e. The van der Waals surface area contributed by atoms with Crippen LogP contribution < -0.4 is 10.6 Å². The third-order valence-corrected chi connectivity index (χ3v) is 5.89. The van der Waals surface area contributed by atoms with Gasteiger partial charge in [0.25, 0.3) is 0 Å². The quantitative estimate of drug-likeness (QED) is 0.613. The molecule has 1 fully saturated rings. The topological polar surface area (TPSA) is 75.3 Å². The lowest BCUT2D eigenvalue weighted by Gasteiger charge is -2.24. The monoisotopic (exact) mass is 379 g/mol. The van der Waals surface area contributed by atoms with Crippen molar-refractivity contribution in [1.29, 1.82) is 0 Å². The Labute approximate surface area is 156 Å². The summed E-state index contributed by atoms with van der Waals surface area (Å²) in [5, 5.41) is 11.2. The standard InChI is InChI=1S/C17H22ClN5OS/c1-17(7-4-8-25-17)11-21-16(19-2)20-10-14-22-15(23-24-14)12-5-3-6-13(18)9-12/h3,5-6,9H,4,7-8,10-11H2,1-2H3,(H2,19,20,21). The fourth-order valence-electron chi connectivity index (χ4n) is 2.70. The number of rotatable bonds is 5. The molecule has 1 aromatic carbocycles. The molecule has 0 spiro atoms. The Morgan fingerprint density at radius 3 is 3.04 bits per heavy atom. The van der Waals surface area contributed by atoms with Gasteiger partial charge in [-0.15, -0.1) is 0 Å². The normalized spacial score (nSPS) is 20.7. The van der Waals surface area contributed by atoms with Gasteiger partial charge in [0.15, 0.2) is 5.96 Å². The second kappa shape index (κ2) is 8.10. The fraction of sp³-hybridized carbons (Fsp3) is 0.471. The molecular formula is C17H22ClN5OS. The zero-order valence-corrected chi connectivity index (χ0v) is 16.0. The molecule has 1 saturated heterocycles. The molecule has 1 aliphatic heterocycles. The van der Waals surface area contributed by atoms with Crippen molar-refractivity contribution in [1.82, 2.24) is 20.8 Å². The number of halogens is 1. The molecule has 1 aromatic heterocycles. The molecule has 1 atom stereocenters. The smallest absolute Gasteiger partial charge is 0.246 e. The van der Waals surface area contributed by atoms with E-state index in [1.165, 1.54) is 18.6 Å². The first-order chi connectivity index (χ1) is 12.1. The molecule has 2 heterocycles. The zero-order valence-electron chi connectivity index (χ0n) is 14.4. The zero-order chi connectivity index (χ0) is 17.7. The predicted octanol–water partition coefficient (Wildman–Crippen LogP) is 3.34. The number of thioether (sulfide) groups is 1. The maximum Gasteiger partial charge on any atom is 0.246 e. The summed E-state index contributed by atoms with van der Waals surface area (Å²) in [5.41, 5.74) is 0.830. The van der Waals surface area contributed by atoms with Crippen LogP contribution in [0.2, 0.25) is 5.02 Å². The van der Waals surface area contributed by atoms with Crippen molar-refractivity contribution in [3.63, 3.8) is 0 Å². The largest absolute Gasteiger partial charge is 0.355 e. The average molecular weight is 380 g/mol. The minimum absolute atomic E-state index is 0.280. The molecule has 134 valence electrons. The first-order valence-corrected chi connectivity index (χ1v) is 9.61. The highest BCUT2D eigenvalue weighted by Crippen LogP contribution is 2.36. The summed E-state index contributed by atoms with van der Waals surface area (Å²) in [6.45, 7) is 3.59. The van der Waals surface area contributed by atoms with Crippen LogP contribution in [0.1, 0.15) is 25.7 Å². The van der Waals surface area contributed by atoms with Crippen molar-refractivity contribution < 1.29 is 4.52 Å². The number of aliphatic imine (C=N–C) groups is 1. The lowest BCUT2D eigenvalue weighted by Crippen LogP contribution is -2.43. The number of hydrogen-bond acceptors (Lipinski definition) is 5. The lowest BCUT2D eigenvalue weighted by atomic mass is 10.1. The summed E-state index contributed by atoms with van der Waals surface area (Å²) >= 11 is 8.02. The van der Waals surface area contributed by atoms with E-state index in [1.54, 1.807) is 7.05 Å². The van der Waals surface area contributed by atoms with Crippen LogP contribution >= 0.6 is 23.4 Å². The Morgan fingerprint density at radius 1 is 1.44 bits per heavy atom. The van der Waals surface area contributed by atoms with Gasteiger partial charge in [0.2, 0.25) is 11.7 Å². The van der Waals surface area contributed by atoms with Crippen LogP contribution in [0, 0.1) is 0 Å². The fourth-order valence-corrected chi connectivity index (χ4v) is 4.13. The average Bonchev–Trinajstić information content (AvgIpc) is 3.25. The van der Waals surface area contributed by atoms with Gasteiger partial charge in [-0.1, -0.05) is 28.9 Å². The SMILES string of the molecule is CN=C(NCc1nc(-c2cccc(Cl)c2)no1)NCC1(C)CCCS1. The van der Waals surface area contributed by atoms with E-state index in [4.69, 9.17) is 16.1 Å². The maximum absolute atomic E-state index is 6.00. The molecule has 3 rings (SSSR count). The summed E-state index contributed by atoms with van der Waals surface area (Å²) in [6, 6.07) is 7.38. The first-order valence-electron chi connectivity index (χ1n) is 8.25. The van der Waals surface area contributed by atoms with E-state index in [1.807, 2.05) is 36.0 Å². The van der Waals surface area contributed by atoms with E-state index < -0.39 is 0 Å². The van der Waals surface area contributed by atoms with E-state index in [2.05, 4.69) is 32.7 Å². The molecule has 6 nitrogen and oxygen atoms in total. The third kappa shape index (κ3) is 4.89. The Balaban J connectivity index is 1.54. The van der Waals surface area contributed by atoms with Crippen LogP contribution in [0.25, 0.3) is 11.4 Å². The first kappa shape index (κ1) is 18.1. The molecule has 25 heavy (non-hydrogen) atoms. The van der Waals surface area contributed by atoms with Gasteiger partial charge in [0, 0.05) is 28.9 Å². The van der Waals surface area contributed by atoms with Crippen LogP contribution in [0.3, 0.4) is 0 Å². The highest BCUT2D eigenvalue weighted by Gasteiger charge is 2.29. The summed E-state index contributed by atoms with van der Waals surface area (Å²) in [5.74, 6) is 2.99. The van der Waals surface area contributed by atoms with Gasteiger partial charge in [-0.05, 0) is 37.7 Å². The number of nitrogens with zero attached hydrogens (tertiary/aromatic N) is 3. The van der Waals surface area contributed by atoms with Crippen molar-refractivity contribution in [3.05, 3.63) is 35.2 Å². The number of nitrogens with one attached hydrogen (secondary N) is 2. The Hall–Kier alpha value is -1.73. The van der Waals surface area contributed by atoms with Crippen LogP contribution in [0.4, 0.5) is 0 Å². The van der Waals surface area contributed by atoms with Gasteiger partial charge >= 0.3 is 0 Å². The maximum atomic E-state index is 6.00. The molecule has 0 saturated carbocycles. The summed E-state index contributed by atoms with van der Waals surface area (Å²) in [7, 11) is 1.75. The lowest BCUT2D eigenvalue weighted by molar-refractivity contribution is 0.375. The van der Waals surface area contributed by atoms with E-state index >= 15 is 0 Å². The third-order valence-electron chi connectivity index (χ3n) is 4.11. The van der Waals surface area contributed by atoms with Gasteiger partial charge in [0.05, 0.1) is 6.54 Å². The Bertz CT molecular complexity index is 742. The Morgan fingerprint density at radius 2 is 2.32 bits per heavy atom. The summed E-state index contributed by atoms with van der Waals surface area (Å²) in [6.07, 6.45) is 2.51. The molecule has 1 unspecified atom stereocenters. The summed E-state index contributed by atoms with van der Waals surface area (Å²) < 4.78 is 5.58. The number of benzene rings is 1. The van der Waals surface area contributed by atoms with Crippen LogP contribution in [0.15, 0.2) is 33.8 Å². The molecular weight excluding hydrogens is 358 g/mol. The van der Waals surface area contributed by atoms with Gasteiger partial charge in [-0.2, -0.15) is 16.7 Å². The molecule has 1 aliphatic rings. The number of aromatic nitrogens is 2. The van der Waals surface area contributed by atoms with E-state index in [0.717, 1.165) is 18.1 Å². The van der Waals surface area contributed by atoms with E-state index in [-0.39, 0.29) is 4.75 Å². The van der Waals surface area contributed by atoms with Crippen molar-refractivity contribution in [2.75, 3.05) is 19.3 Å². The van der Waals surface area contributed by atoms with E-state index in [0.29, 0.717) is 23.3 Å². The predicted molar refractivity (Wildman–Crippen MR) is 103 cm³/mol. The van der Waals surface area contributed by atoms with Crippen molar-refractivity contribution >= 4 is 29.3 Å². The van der Waals surface area contributed by atoms with Crippen LogP contribution in [-0.2, 0) is 6.54 Å². The molecule has 0 bridgehead atoms. The number of guanidine groups is 1. The molecule has 8 heteroatoms. The highest BCUT2D eigenvalue weighted by molar-refractivity contribution is 8.00. The molecule has 2 aromatic rings. The van der Waals surface area contributed by atoms with E-state index in [9.17, 15) is 0 Å². The second-order valence-electron chi connectivity index (χ2n) is 6.20. The van der Waals surface area contributed by atoms with Gasteiger partial charge in [-0.3, -0.25) is 4.99 Å². The second-order valence-corrected chi connectivity index (χ2v) is 8.32. The van der Waals surface area contributed by atoms with Gasteiger partial charge < -0.3 is 15.2 Å². The Kier molecular flexibility index (Phi) is 5.86. The van der Waals surface area contributed by atoms with Crippen LogP contribution in [0.5, 0.6) is 0 Å². The van der Waals surface area contributed by atoms with Gasteiger partial charge in [0.1, 0.15) is 0 Å². The van der Waals surface area contributed by atoms with Crippen LogP contribution in [-0.4, -0.2) is 40.2 Å². The molecule has 2 N–H and O–H groups in total. The minimum atomic E-state index is 0.280. The van der Waals surface area contributed by atoms with Crippen molar-refractivity contribution in [3.8, 4) is 11.4 Å². The molecule has 0 aliphatic carbocycles. The van der Waals surface area contributed by atoms with Crippen molar-refractivity contribution in [2.45, 2.75) is 31.1 Å². The molecule has 0 radical (unpaired) electrons. The van der Waals surface area contributed by atoms with Crippen molar-refractivity contribution in [2.24, 2.45) is 4.99 Å². The highest BCUT2D eigenvalue weighted by atomic mass is 35.5. The number of hydrogen-bond donors (Lipinski definition) is 2. The van der Waals surface area contributed by atoms with Gasteiger partial charge in [-0.25, -0.2) is 0 Å².